The summed E-state index contributed by atoms with van der Waals surface area (Å²) in [5, 5.41) is 8.59. The molecule has 0 bridgehead atoms. The van der Waals surface area contributed by atoms with Crippen molar-refractivity contribution in [2.24, 2.45) is 0 Å². The van der Waals surface area contributed by atoms with Gasteiger partial charge in [-0.25, -0.2) is 0 Å². The van der Waals surface area contributed by atoms with Crippen molar-refractivity contribution in [1.29, 1.82) is 0 Å². The molecule has 6 nitrogen and oxygen atoms in total. The summed E-state index contributed by atoms with van der Waals surface area (Å²) in [5.41, 5.74) is 2.82. The molecule has 1 unspecified atom stereocenters. The monoisotopic (exact) mass is 367 g/mol. The van der Waals surface area contributed by atoms with E-state index in [1.165, 1.54) is 0 Å². The van der Waals surface area contributed by atoms with E-state index >= 15 is 0 Å². The van der Waals surface area contributed by atoms with Crippen molar-refractivity contribution < 1.29 is 14.3 Å². The number of fused-ring (bicyclic) bond motifs is 1. The van der Waals surface area contributed by atoms with Crippen LogP contribution in [0.3, 0.4) is 0 Å². The van der Waals surface area contributed by atoms with Crippen LogP contribution in [0.5, 0.6) is 11.5 Å². The van der Waals surface area contributed by atoms with Crippen LogP contribution in [0, 0.1) is 6.92 Å². The van der Waals surface area contributed by atoms with E-state index in [-0.39, 0.29) is 5.91 Å². The first-order chi connectivity index (χ1) is 13.0. The molecular formula is C21H25N3O3. The maximum absolute atomic E-state index is 12.7. The highest BCUT2D eigenvalue weighted by molar-refractivity contribution is 5.86. The van der Waals surface area contributed by atoms with Gasteiger partial charge in [0.2, 0.25) is 5.91 Å². The van der Waals surface area contributed by atoms with Crippen molar-refractivity contribution >= 4 is 16.8 Å². The molecule has 0 saturated heterocycles. The number of ether oxygens (including phenoxy) is 2. The molecule has 1 amide bonds. The predicted molar refractivity (Wildman–Crippen MR) is 105 cm³/mol. The van der Waals surface area contributed by atoms with Gasteiger partial charge in [-0.3, -0.25) is 9.48 Å². The normalized spacial score (nSPS) is 12.0. The maximum atomic E-state index is 12.7. The standard InChI is InChI=1S/C21H25N3O3/c1-5-27-19-11-10-16(12-20(19)26-4)13-22-21(25)15(3)24-18-9-7-6-8-17(18)14(2)23-24/h6-12,15H,5,13H2,1-4H3,(H,22,25). The third-order valence-electron chi connectivity index (χ3n) is 4.54. The molecule has 3 rings (SSSR count). The second-order valence-electron chi connectivity index (χ2n) is 6.36. The molecular weight excluding hydrogens is 342 g/mol. The number of hydrogen-bond acceptors (Lipinski definition) is 4. The average Bonchev–Trinajstić information content (AvgIpc) is 3.03. The number of para-hydroxylation sites is 1. The topological polar surface area (TPSA) is 65.4 Å². The van der Waals surface area contributed by atoms with Gasteiger partial charge in [-0.05, 0) is 44.5 Å². The van der Waals surface area contributed by atoms with E-state index in [1.807, 2.05) is 63.2 Å². The first-order valence-electron chi connectivity index (χ1n) is 9.06. The highest BCUT2D eigenvalue weighted by Crippen LogP contribution is 2.28. The fraction of sp³-hybridized carbons (Fsp3) is 0.333. The summed E-state index contributed by atoms with van der Waals surface area (Å²) >= 11 is 0. The van der Waals surface area contributed by atoms with Crippen LogP contribution in [-0.4, -0.2) is 29.4 Å². The largest absolute Gasteiger partial charge is 0.493 e. The van der Waals surface area contributed by atoms with Gasteiger partial charge in [0.05, 0.1) is 24.9 Å². The molecule has 6 heteroatoms. The van der Waals surface area contributed by atoms with Crippen LogP contribution in [0.4, 0.5) is 0 Å². The number of rotatable bonds is 7. The van der Waals surface area contributed by atoms with E-state index in [2.05, 4.69) is 10.4 Å². The second-order valence-corrected chi connectivity index (χ2v) is 6.36. The average molecular weight is 367 g/mol. The molecule has 3 aromatic rings. The molecule has 0 radical (unpaired) electrons. The van der Waals surface area contributed by atoms with Gasteiger partial charge in [-0.1, -0.05) is 24.3 Å². The number of aromatic nitrogens is 2. The Bertz CT molecular complexity index is 949. The summed E-state index contributed by atoms with van der Waals surface area (Å²) in [6, 6.07) is 13.2. The van der Waals surface area contributed by atoms with Crippen LogP contribution in [0.25, 0.3) is 10.9 Å². The summed E-state index contributed by atoms with van der Waals surface area (Å²) in [7, 11) is 1.60. The van der Waals surface area contributed by atoms with Gasteiger partial charge >= 0.3 is 0 Å². The third kappa shape index (κ3) is 3.89. The second kappa shape index (κ2) is 8.12. The molecule has 1 atom stereocenters. The summed E-state index contributed by atoms with van der Waals surface area (Å²) < 4.78 is 12.7. The van der Waals surface area contributed by atoms with Crippen LogP contribution in [0.2, 0.25) is 0 Å². The number of methoxy groups -OCH3 is 1. The lowest BCUT2D eigenvalue weighted by Gasteiger charge is -2.15. The van der Waals surface area contributed by atoms with Crippen LogP contribution in [-0.2, 0) is 11.3 Å². The Labute approximate surface area is 159 Å². The Morgan fingerprint density at radius 3 is 2.74 bits per heavy atom. The molecule has 0 aliphatic heterocycles. The molecule has 0 fully saturated rings. The molecule has 0 aliphatic carbocycles. The van der Waals surface area contributed by atoms with E-state index in [4.69, 9.17) is 9.47 Å². The maximum Gasteiger partial charge on any atom is 0.244 e. The minimum Gasteiger partial charge on any atom is -0.493 e. The van der Waals surface area contributed by atoms with Crippen LogP contribution in [0.1, 0.15) is 31.1 Å². The molecule has 142 valence electrons. The van der Waals surface area contributed by atoms with Crippen molar-refractivity contribution in [2.45, 2.75) is 33.4 Å². The zero-order valence-corrected chi connectivity index (χ0v) is 16.2. The van der Waals surface area contributed by atoms with E-state index in [0.717, 1.165) is 22.2 Å². The van der Waals surface area contributed by atoms with Gasteiger partial charge in [-0.2, -0.15) is 5.10 Å². The number of carbonyl (C=O) groups excluding carboxylic acids is 1. The Hall–Kier alpha value is -3.02. The summed E-state index contributed by atoms with van der Waals surface area (Å²) in [4.78, 5) is 12.7. The molecule has 27 heavy (non-hydrogen) atoms. The lowest BCUT2D eigenvalue weighted by molar-refractivity contribution is -0.124. The molecule has 1 heterocycles. The number of hydrogen-bond donors (Lipinski definition) is 1. The minimum absolute atomic E-state index is 0.0869. The van der Waals surface area contributed by atoms with E-state index < -0.39 is 6.04 Å². The minimum atomic E-state index is -0.409. The lowest BCUT2D eigenvalue weighted by Crippen LogP contribution is -2.31. The smallest absolute Gasteiger partial charge is 0.244 e. The van der Waals surface area contributed by atoms with Gasteiger partial charge in [-0.15, -0.1) is 0 Å². The summed E-state index contributed by atoms with van der Waals surface area (Å²) in [5.74, 6) is 1.27. The van der Waals surface area contributed by atoms with Crippen molar-refractivity contribution in [3.63, 3.8) is 0 Å². The highest BCUT2D eigenvalue weighted by atomic mass is 16.5. The third-order valence-corrected chi connectivity index (χ3v) is 4.54. The number of nitrogens with zero attached hydrogens (tertiary/aromatic N) is 2. The number of amides is 1. The SMILES string of the molecule is CCOc1ccc(CNC(=O)C(C)n2nc(C)c3ccccc32)cc1OC. The quantitative estimate of drug-likeness (QED) is 0.693. The molecule has 2 aromatic carbocycles. The van der Waals surface area contributed by atoms with Crippen molar-refractivity contribution in [2.75, 3.05) is 13.7 Å². The zero-order chi connectivity index (χ0) is 19.4. The summed E-state index contributed by atoms with van der Waals surface area (Å²) in [6.45, 7) is 6.71. The number of carbonyl (C=O) groups is 1. The van der Waals surface area contributed by atoms with Crippen LogP contribution >= 0.6 is 0 Å². The predicted octanol–water partition coefficient (Wildman–Crippen LogP) is 3.63. The van der Waals surface area contributed by atoms with E-state index in [9.17, 15) is 4.79 Å². The molecule has 0 aliphatic rings. The van der Waals surface area contributed by atoms with E-state index in [0.29, 0.717) is 24.7 Å². The Morgan fingerprint density at radius 2 is 2.00 bits per heavy atom. The van der Waals surface area contributed by atoms with Gasteiger partial charge in [0, 0.05) is 11.9 Å². The number of nitrogens with one attached hydrogen (secondary N) is 1. The van der Waals surface area contributed by atoms with Crippen molar-refractivity contribution in [3.8, 4) is 11.5 Å². The Morgan fingerprint density at radius 1 is 1.22 bits per heavy atom. The highest BCUT2D eigenvalue weighted by Gasteiger charge is 2.19. The molecule has 0 spiro atoms. The zero-order valence-electron chi connectivity index (χ0n) is 16.2. The number of aryl methyl sites for hydroxylation is 1. The van der Waals surface area contributed by atoms with Crippen molar-refractivity contribution in [3.05, 3.63) is 53.7 Å². The van der Waals surface area contributed by atoms with Gasteiger partial charge in [0.1, 0.15) is 6.04 Å². The van der Waals surface area contributed by atoms with Gasteiger partial charge in [0.15, 0.2) is 11.5 Å². The Kier molecular flexibility index (Phi) is 5.64. The molecule has 1 aromatic heterocycles. The van der Waals surface area contributed by atoms with Crippen molar-refractivity contribution in [1.82, 2.24) is 15.1 Å². The summed E-state index contributed by atoms with van der Waals surface area (Å²) in [6.07, 6.45) is 0. The lowest BCUT2D eigenvalue weighted by atomic mass is 10.2. The fourth-order valence-electron chi connectivity index (χ4n) is 3.09. The van der Waals surface area contributed by atoms with Gasteiger partial charge < -0.3 is 14.8 Å². The van der Waals surface area contributed by atoms with Crippen LogP contribution in [0.15, 0.2) is 42.5 Å². The Balaban J connectivity index is 1.72. The number of benzene rings is 2. The van der Waals surface area contributed by atoms with Crippen LogP contribution < -0.4 is 14.8 Å². The molecule has 1 N–H and O–H groups in total. The first-order valence-corrected chi connectivity index (χ1v) is 9.06. The fourth-order valence-corrected chi connectivity index (χ4v) is 3.09. The van der Waals surface area contributed by atoms with Gasteiger partial charge in [0.25, 0.3) is 0 Å². The first kappa shape index (κ1) is 18.8. The van der Waals surface area contributed by atoms with E-state index in [1.54, 1.807) is 11.8 Å². The molecule has 0 saturated carbocycles.